The molecule has 0 aliphatic carbocycles. The molecule has 3 heterocycles. The number of aryl methyl sites for hydroxylation is 1. The molecule has 1 aromatic heterocycles. The Balaban J connectivity index is 1.57. The van der Waals surface area contributed by atoms with Crippen molar-refractivity contribution in [2.75, 3.05) is 40.3 Å². The fraction of sp³-hybridized carbons (Fsp3) is 0.450. The second kappa shape index (κ2) is 6.25. The maximum Gasteiger partial charge on any atom is 0.319 e. The minimum absolute atomic E-state index is 0.103. The summed E-state index contributed by atoms with van der Waals surface area (Å²) >= 11 is 0. The van der Waals surface area contributed by atoms with Gasteiger partial charge < -0.3 is 24.2 Å². The van der Waals surface area contributed by atoms with E-state index in [0.717, 1.165) is 11.1 Å². The highest BCUT2D eigenvalue weighted by Gasteiger charge is 2.59. The van der Waals surface area contributed by atoms with Crippen LogP contribution in [0.3, 0.4) is 0 Å². The number of hydrogen-bond acceptors (Lipinski definition) is 4. The summed E-state index contributed by atoms with van der Waals surface area (Å²) in [6.45, 7) is 2.73. The molecular weight excluding hydrogens is 362 g/mol. The van der Waals surface area contributed by atoms with Crippen LogP contribution in [-0.2, 0) is 4.79 Å². The molecule has 2 atom stereocenters. The number of carbonyl (C=O) groups is 3. The van der Waals surface area contributed by atoms with Crippen molar-refractivity contribution >= 4 is 28.9 Å². The molecule has 2 fully saturated rings. The third-order valence-electron chi connectivity index (χ3n) is 5.86. The van der Waals surface area contributed by atoms with Gasteiger partial charge in [0.05, 0.1) is 0 Å². The van der Waals surface area contributed by atoms with Gasteiger partial charge in [-0.15, -0.1) is 0 Å². The smallest absolute Gasteiger partial charge is 0.319 e. The molecule has 0 bridgehead atoms. The third-order valence-corrected chi connectivity index (χ3v) is 5.86. The van der Waals surface area contributed by atoms with E-state index in [1.807, 2.05) is 13.0 Å². The van der Waals surface area contributed by atoms with Crippen molar-refractivity contribution in [3.63, 3.8) is 0 Å². The highest BCUT2D eigenvalue weighted by molar-refractivity contribution is 5.98. The molecule has 0 spiro atoms. The highest BCUT2D eigenvalue weighted by atomic mass is 16.4. The lowest BCUT2D eigenvalue weighted by Crippen LogP contribution is -2.45. The number of aliphatic carboxylic acids is 1. The van der Waals surface area contributed by atoms with Crippen molar-refractivity contribution in [1.29, 1.82) is 0 Å². The van der Waals surface area contributed by atoms with Crippen LogP contribution >= 0.6 is 0 Å². The molecule has 8 heteroatoms. The van der Waals surface area contributed by atoms with Gasteiger partial charge in [0.25, 0.3) is 5.91 Å². The molecule has 0 radical (unpaired) electrons. The Morgan fingerprint density at radius 3 is 2.46 bits per heavy atom. The molecule has 2 aliphatic heterocycles. The number of furan rings is 1. The molecule has 1 N–H and O–H groups in total. The molecule has 2 aromatic rings. The average molecular weight is 385 g/mol. The van der Waals surface area contributed by atoms with Crippen LogP contribution in [0.25, 0.3) is 11.0 Å². The Morgan fingerprint density at radius 2 is 1.82 bits per heavy atom. The van der Waals surface area contributed by atoms with Crippen molar-refractivity contribution in [1.82, 2.24) is 14.7 Å². The quantitative estimate of drug-likeness (QED) is 0.852. The number of rotatable bonds is 2. The number of likely N-dealkylation sites (tertiary alicyclic amines) is 2. The fourth-order valence-corrected chi connectivity index (χ4v) is 4.44. The zero-order chi connectivity index (χ0) is 20.2. The second-order valence-corrected chi connectivity index (χ2v) is 8.01. The molecule has 148 valence electrons. The average Bonchev–Trinajstić information content (AvgIpc) is 3.28. The van der Waals surface area contributed by atoms with E-state index in [1.54, 1.807) is 42.1 Å². The minimum atomic E-state index is -1.11. The van der Waals surface area contributed by atoms with Gasteiger partial charge in [0.2, 0.25) is 0 Å². The summed E-state index contributed by atoms with van der Waals surface area (Å²) in [6.07, 6.45) is 0. The van der Waals surface area contributed by atoms with Crippen LogP contribution in [0, 0.1) is 18.3 Å². The third kappa shape index (κ3) is 2.71. The van der Waals surface area contributed by atoms with Gasteiger partial charge in [0.1, 0.15) is 16.8 Å². The number of carbonyl (C=O) groups excluding carboxylic acids is 2. The monoisotopic (exact) mass is 385 g/mol. The first-order valence-electron chi connectivity index (χ1n) is 9.20. The molecule has 2 aliphatic rings. The summed E-state index contributed by atoms with van der Waals surface area (Å²) in [5.41, 5.74) is 0.111. The number of fused-ring (bicyclic) bond motifs is 2. The standard InChI is InChI=1S/C20H23N3O5/c1-12-6-14-7-13(4-5-16(14)28-12)17(24)22-8-15-9-23(19(27)21(2)3)11-20(15,10-22)18(25)26/h4-7,15H,8-11H2,1-3H3,(H,25,26)/t15-,20-/m0/s1. The zero-order valence-corrected chi connectivity index (χ0v) is 16.1. The van der Waals surface area contributed by atoms with Gasteiger partial charge >= 0.3 is 12.0 Å². The summed E-state index contributed by atoms with van der Waals surface area (Å²) in [6, 6.07) is 6.91. The lowest BCUT2D eigenvalue weighted by atomic mass is 9.81. The number of hydrogen-bond donors (Lipinski definition) is 1. The van der Waals surface area contributed by atoms with E-state index in [1.165, 1.54) is 4.90 Å². The summed E-state index contributed by atoms with van der Waals surface area (Å²) in [5, 5.41) is 10.8. The van der Waals surface area contributed by atoms with E-state index < -0.39 is 11.4 Å². The van der Waals surface area contributed by atoms with Gasteiger partial charge in [-0.1, -0.05) is 0 Å². The van der Waals surface area contributed by atoms with Crippen LogP contribution in [0.1, 0.15) is 16.1 Å². The first kappa shape index (κ1) is 18.3. The Labute approximate surface area is 162 Å². The Kier molecular flexibility index (Phi) is 4.10. The highest BCUT2D eigenvalue weighted by Crippen LogP contribution is 2.43. The van der Waals surface area contributed by atoms with Crippen molar-refractivity contribution in [3.05, 3.63) is 35.6 Å². The Hall–Kier alpha value is -3.03. The first-order chi connectivity index (χ1) is 13.2. The molecule has 4 rings (SSSR count). The van der Waals surface area contributed by atoms with E-state index >= 15 is 0 Å². The topological polar surface area (TPSA) is 94.3 Å². The molecule has 8 nitrogen and oxygen atoms in total. The van der Waals surface area contributed by atoms with E-state index in [4.69, 9.17) is 4.42 Å². The molecule has 2 saturated heterocycles. The van der Waals surface area contributed by atoms with Crippen LogP contribution in [-0.4, -0.2) is 78.0 Å². The number of urea groups is 1. The summed E-state index contributed by atoms with van der Waals surface area (Å²) in [7, 11) is 3.29. The Morgan fingerprint density at radius 1 is 1.14 bits per heavy atom. The number of nitrogens with zero attached hydrogens (tertiary/aromatic N) is 3. The van der Waals surface area contributed by atoms with Gasteiger partial charge in [0, 0.05) is 57.1 Å². The maximum atomic E-state index is 13.0. The minimum Gasteiger partial charge on any atom is -0.481 e. The second-order valence-electron chi connectivity index (χ2n) is 8.01. The van der Waals surface area contributed by atoms with Crippen LogP contribution < -0.4 is 0 Å². The normalized spacial score (nSPS) is 23.9. The van der Waals surface area contributed by atoms with Crippen molar-refractivity contribution in [2.24, 2.45) is 11.3 Å². The lowest BCUT2D eigenvalue weighted by Gasteiger charge is -2.27. The molecule has 0 unspecified atom stereocenters. The van der Waals surface area contributed by atoms with Crippen LogP contribution in [0.4, 0.5) is 4.79 Å². The van der Waals surface area contributed by atoms with Crippen LogP contribution in [0.2, 0.25) is 0 Å². The molecule has 28 heavy (non-hydrogen) atoms. The predicted molar refractivity (Wildman–Crippen MR) is 101 cm³/mol. The molecular formula is C20H23N3O5. The maximum absolute atomic E-state index is 13.0. The number of carboxylic acids is 1. The Bertz CT molecular complexity index is 981. The van der Waals surface area contributed by atoms with Gasteiger partial charge in [0.15, 0.2) is 0 Å². The van der Waals surface area contributed by atoms with Crippen molar-refractivity contribution < 1.29 is 23.9 Å². The van der Waals surface area contributed by atoms with E-state index in [2.05, 4.69) is 0 Å². The molecule has 0 saturated carbocycles. The van der Waals surface area contributed by atoms with Gasteiger partial charge in [-0.25, -0.2) is 4.79 Å². The van der Waals surface area contributed by atoms with E-state index in [-0.39, 0.29) is 30.9 Å². The number of benzene rings is 1. The summed E-state index contributed by atoms with van der Waals surface area (Å²) in [4.78, 5) is 42.0. The van der Waals surface area contributed by atoms with Gasteiger partial charge in [-0.3, -0.25) is 9.59 Å². The van der Waals surface area contributed by atoms with Crippen LogP contribution in [0.5, 0.6) is 0 Å². The van der Waals surface area contributed by atoms with Crippen LogP contribution in [0.15, 0.2) is 28.7 Å². The van der Waals surface area contributed by atoms with Crippen molar-refractivity contribution in [3.8, 4) is 0 Å². The molecule has 3 amide bonds. The number of carboxylic acid groups (broad SMARTS) is 1. The van der Waals surface area contributed by atoms with Gasteiger partial charge in [-0.05, 0) is 31.2 Å². The lowest BCUT2D eigenvalue weighted by molar-refractivity contribution is -0.148. The van der Waals surface area contributed by atoms with Gasteiger partial charge in [-0.2, -0.15) is 0 Å². The fourth-order valence-electron chi connectivity index (χ4n) is 4.44. The van der Waals surface area contributed by atoms with E-state index in [9.17, 15) is 19.5 Å². The summed E-state index contributed by atoms with van der Waals surface area (Å²) < 4.78 is 5.55. The van der Waals surface area contributed by atoms with E-state index in [0.29, 0.717) is 24.2 Å². The largest absolute Gasteiger partial charge is 0.481 e. The first-order valence-corrected chi connectivity index (χ1v) is 9.20. The zero-order valence-electron chi connectivity index (χ0n) is 16.1. The summed E-state index contributed by atoms with van der Waals surface area (Å²) in [5.74, 6) is -0.660. The predicted octanol–water partition coefficient (Wildman–Crippen LogP) is 1.88. The number of amides is 3. The SMILES string of the molecule is Cc1cc2cc(C(=O)N3C[C@H]4CN(C(=O)N(C)C)C[C@@]4(C(=O)O)C3)ccc2o1. The van der Waals surface area contributed by atoms with Crippen molar-refractivity contribution in [2.45, 2.75) is 6.92 Å². The molecule has 1 aromatic carbocycles.